The molecule has 0 aliphatic heterocycles. The zero-order valence-electron chi connectivity index (χ0n) is 43.8. The van der Waals surface area contributed by atoms with Gasteiger partial charge in [-0.1, -0.05) is 45.0 Å². The Morgan fingerprint density at radius 1 is 0.685 bits per heavy atom. The Morgan fingerprint density at radius 2 is 1.29 bits per heavy atom. The van der Waals surface area contributed by atoms with Gasteiger partial charge >= 0.3 is 13.9 Å². The Morgan fingerprint density at radius 3 is 1.88 bits per heavy atom. The van der Waals surface area contributed by atoms with Gasteiger partial charge in [0.1, 0.15) is 39.3 Å². The third-order valence-corrected chi connectivity index (χ3v) is 13.6. The molecule has 0 aliphatic rings. The molecule has 0 bridgehead atoms. The van der Waals surface area contributed by atoms with Crippen LogP contribution >= 0.6 is 7.82 Å². The lowest BCUT2D eigenvalue weighted by Crippen LogP contribution is -2.28. The summed E-state index contributed by atoms with van der Waals surface area (Å²) in [6.07, 6.45) is 1.57. The number of urea groups is 1. The van der Waals surface area contributed by atoms with Crippen LogP contribution in [0.15, 0.2) is 83.9 Å². The number of phosphoric ester groups is 1. The van der Waals surface area contributed by atoms with Gasteiger partial charge in [-0.25, -0.2) is 27.5 Å². The van der Waals surface area contributed by atoms with Crippen molar-refractivity contribution in [2.75, 3.05) is 83.9 Å². The molecule has 4 aromatic carbocycles. The molecule has 20 nitrogen and oxygen atoms in total. The fraction of sp³-hybridized carbons (Fsp3) is 0.431. The van der Waals surface area contributed by atoms with Gasteiger partial charge in [-0.3, -0.25) is 18.4 Å². The van der Waals surface area contributed by atoms with Gasteiger partial charge in [0, 0.05) is 47.4 Å². The molecule has 0 aliphatic carbocycles. The number of nitrogens with one attached hydrogen (secondary N) is 5. The summed E-state index contributed by atoms with van der Waals surface area (Å²) in [6.45, 7) is 17.3. The highest BCUT2D eigenvalue weighted by molar-refractivity contribution is 7.89. The lowest BCUT2D eigenvalue weighted by atomic mass is 9.86. The number of rotatable bonds is 24. The van der Waals surface area contributed by atoms with E-state index in [0.717, 1.165) is 0 Å². The molecule has 1 heterocycles. The molecule has 3 amide bonds. The number of amides is 3. The van der Waals surface area contributed by atoms with Gasteiger partial charge in [0.25, 0.3) is 5.91 Å². The molecule has 5 rings (SSSR count). The monoisotopic (exact) mass is 1050 g/mol. The Kier molecular flexibility index (Phi) is 19.7. The number of hydrogen-bond donors (Lipinski definition) is 5. The number of phosphoric acid groups is 1. The summed E-state index contributed by atoms with van der Waals surface area (Å²) in [7, 11) is -2.26. The van der Waals surface area contributed by atoms with Gasteiger partial charge in [-0.2, -0.15) is 0 Å². The van der Waals surface area contributed by atoms with Crippen molar-refractivity contribution in [1.82, 2.24) is 15.0 Å². The normalized spacial score (nSPS) is 12.3. The van der Waals surface area contributed by atoms with E-state index < -0.39 is 46.4 Å². The summed E-state index contributed by atoms with van der Waals surface area (Å²) in [5.41, 5.74) is 0.0448. The van der Waals surface area contributed by atoms with Crippen molar-refractivity contribution in [3.63, 3.8) is 0 Å². The fourth-order valence-corrected chi connectivity index (χ4v) is 9.74. The zero-order chi connectivity index (χ0) is 53.8. The van der Waals surface area contributed by atoms with E-state index in [0.29, 0.717) is 45.0 Å². The fourth-order valence-electron chi connectivity index (χ4n) is 7.02. The van der Waals surface area contributed by atoms with Gasteiger partial charge < -0.3 is 49.7 Å². The molecule has 0 atom stereocenters. The number of benzene rings is 4. The minimum absolute atomic E-state index is 0.0139. The molecule has 0 fully saturated rings. The van der Waals surface area contributed by atoms with Crippen LogP contribution in [0.3, 0.4) is 0 Å². The number of anilines is 4. The van der Waals surface area contributed by atoms with Crippen LogP contribution in [-0.2, 0) is 43.0 Å². The van der Waals surface area contributed by atoms with Crippen molar-refractivity contribution in [2.24, 2.45) is 0 Å². The maximum absolute atomic E-state index is 13.6. The second-order valence-electron chi connectivity index (χ2n) is 19.3. The average molecular weight is 1050 g/mol. The number of aromatic nitrogens is 1. The predicted octanol–water partition coefficient (Wildman–Crippen LogP) is 10.2. The van der Waals surface area contributed by atoms with E-state index in [1.807, 2.05) is 45.0 Å². The maximum Gasteiger partial charge on any atom is 0.475 e. The summed E-state index contributed by atoms with van der Waals surface area (Å²) in [6, 6.07) is 20.1. The first-order valence-electron chi connectivity index (χ1n) is 23.3. The van der Waals surface area contributed by atoms with E-state index in [-0.39, 0.29) is 73.0 Å². The second kappa shape index (κ2) is 24.8. The van der Waals surface area contributed by atoms with Crippen LogP contribution in [0.2, 0.25) is 0 Å². The van der Waals surface area contributed by atoms with Crippen LogP contribution in [-0.4, -0.2) is 104 Å². The van der Waals surface area contributed by atoms with Gasteiger partial charge in [0.15, 0.2) is 5.75 Å². The summed E-state index contributed by atoms with van der Waals surface area (Å²) in [5, 5.41) is 13.1. The standard InChI is InChI=1S/C51H69N6O14PS/c1-49(2,3)33-28-39(46(65-13)43(29-33)73(61,62)52-10)57-48(59)56-38-18-19-40(37-17-15-14-16-36(37)38)69-35-20-21-53-44(32-35)55-34-30-41(63-11)45(42(31-34)64-12)47(58)54-22-23-66-24-25-67-26-27-68-72(60,70-50(4,5)6)71-51(7,8)9/h14-21,28-32,52H,22-27H2,1-13H3,(H,53,55)(H,54,58)(H2,56,57,59). The molecule has 5 aromatic rings. The average Bonchev–Trinajstić information content (AvgIpc) is 3.30. The lowest BCUT2D eigenvalue weighted by molar-refractivity contribution is -0.0109. The number of carbonyl (C=O) groups excluding carboxylic acids is 2. The van der Waals surface area contributed by atoms with E-state index in [2.05, 4.69) is 31.0 Å². The summed E-state index contributed by atoms with van der Waals surface area (Å²) in [5.74, 6) is 1.37. The smallest absolute Gasteiger partial charge is 0.475 e. The lowest BCUT2D eigenvalue weighted by Gasteiger charge is -2.30. The number of sulfonamides is 1. The van der Waals surface area contributed by atoms with Gasteiger partial charge in [-0.15, -0.1) is 0 Å². The van der Waals surface area contributed by atoms with Gasteiger partial charge in [0.05, 0.1) is 76.9 Å². The van der Waals surface area contributed by atoms with Crippen molar-refractivity contribution in [3.8, 4) is 28.7 Å². The number of fused-ring (bicyclic) bond motifs is 1. The van der Waals surface area contributed by atoms with E-state index in [4.69, 9.17) is 42.0 Å². The number of pyridine rings is 1. The quantitative estimate of drug-likeness (QED) is 0.0285. The molecular weight excluding hydrogens is 984 g/mol. The Hall–Kier alpha value is -6.03. The summed E-state index contributed by atoms with van der Waals surface area (Å²) in [4.78, 5) is 31.4. The highest BCUT2D eigenvalue weighted by Crippen LogP contribution is 2.55. The molecule has 398 valence electrons. The first kappa shape index (κ1) is 57.9. The molecule has 1 aromatic heterocycles. The van der Waals surface area contributed by atoms with Crippen LogP contribution in [0.4, 0.5) is 27.7 Å². The number of nitrogens with zero attached hydrogens (tertiary/aromatic N) is 1. The van der Waals surface area contributed by atoms with Crippen LogP contribution in [0.5, 0.6) is 28.7 Å². The molecule has 0 unspecified atom stereocenters. The van der Waals surface area contributed by atoms with E-state index in [9.17, 15) is 22.6 Å². The van der Waals surface area contributed by atoms with Crippen molar-refractivity contribution in [3.05, 3.63) is 90.1 Å². The summed E-state index contributed by atoms with van der Waals surface area (Å²) >= 11 is 0. The topological polar surface area (TPSA) is 241 Å². The van der Waals surface area contributed by atoms with E-state index in [1.165, 1.54) is 34.4 Å². The number of methoxy groups -OCH3 is 3. The Balaban J connectivity index is 1.18. The van der Waals surface area contributed by atoms with Crippen LogP contribution in [0.25, 0.3) is 10.8 Å². The largest absolute Gasteiger partial charge is 0.496 e. The second-order valence-corrected chi connectivity index (χ2v) is 22.6. The van der Waals surface area contributed by atoms with Crippen molar-refractivity contribution in [2.45, 2.75) is 83.8 Å². The number of ether oxygens (including phenoxy) is 6. The molecule has 0 radical (unpaired) electrons. The third kappa shape index (κ3) is 16.7. The first-order chi connectivity index (χ1) is 34.3. The van der Waals surface area contributed by atoms with Crippen LogP contribution < -0.4 is 44.9 Å². The van der Waals surface area contributed by atoms with E-state index in [1.54, 1.807) is 90.2 Å². The molecule has 0 saturated carbocycles. The third-order valence-electron chi connectivity index (χ3n) is 10.2. The van der Waals surface area contributed by atoms with Gasteiger partial charge in [-0.05, 0) is 89.9 Å². The Labute approximate surface area is 428 Å². The molecular formula is C51H69N6O14PS. The van der Waals surface area contributed by atoms with Crippen LogP contribution in [0, 0.1) is 0 Å². The summed E-state index contributed by atoms with van der Waals surface area (Å²) < 4.78 is 92.6. The van der Waals surface area contributed by atoms with Crippen LogP contribution in [0.1, 0.15) is 78.2 Å². The zero-order valence-corrected chi connectivity index (χ0v) is 45.5. The predicted molar refractivity (Wildman–Crippen MR) is 281 cm³/mol. The minimum atomic E-state index is -3.95. The SMILES string of the molecule is CNS(=O)(=O)c1cc(C(C)(C)C)cc(NC(=O)Nc2ccc(Oc3ccnc(Nc4cc(OC)c(C(=O)NCCOCCOCCOP(=O)(OC(C)(C)C)OC(C)(C)C)c(OC)c4)c3)c3ccccc23)c1OC. The van der Waals surface area contributed by atoms with Gasteiger partial charge in [0.2, 0.25) is 10.0 Å². The van der Waals surface area contributed by atoms with Crippen molar-refractivity contribution in [1.29, 1.82) is 0 Å². The molecule has 5 N–H and O–H groups in total. The van der Waals surface area contributed by atoms with Crippen molar-refractivity contribution < 1.29 is 64.6 Å². The Bertz CT molecular complexity index is 2840. The molecule has 22 heteroatoms. The first-order valence-corrected chi connectivity index (χ1v) is 26.3. The highest BCUT2D eigenvalue weighted by Gasteiger charge is 2.37. The molecule has 0 saturated heterocycles. The van der Waals surface area contributed by atoms with Crippen molar-refractivity contribution >= 4 is 63.4 Å². The molecule has 73 heavy (non-hydrogen) atoms. The maximum atomic E-state index is 13.6. The number of hydrogen-bond acceptors (Lipinski definition) is 16. The van der Waals surface area contributed by atoms with E-state index >= 15 is 0 Å². The highest BCUT2D eigenvalue weighted by atomic mass is 32.2. The number of carbonyl (C=O) groups is 2. The minimum Gasteiger partial charge on any atom is -0.496 e. The molecule has 0 spiro atoms.